The Morgan fingerprint density at radius 2 is 2.33 bits per heavy atom. The van der Waals surface area contributed by atoms with Crippen LogP contribution in [0, 0.1) is 0 Å². The summed E-state index contributed by atoms with van der Waals surface area (Å²) in [5, 5.41) is 2.72. The van der Waals surface area contributed by atoms with E-state index in [1.165, 1.54) is 6.92 Å². The molecular weight excluding hydrogens is 154 g/mol. The van der Waals surface area contributed by atoms with E-state index in [1.807, 2.05) is 6.92 Å². The summed E-state index contributed by atoms with van der Waals surface area (Å²) in [5.41, 5.74) is 0.771. The fraction of sp³-hybridized carbons (Fsp3) is 0.375. The maximum absolute atomic E-state index is 10.7. The van der Waals surface area contributed by atoms with Crippen LogP contribution in [0.5, 0.6) is 0 Å². The van der Waals surface area contributed by atoms with Crippen LogP contribution in [-0.2, 0) is 4.79 Å². The van der Waals surface area contributed by atoms with E-state index in [-0.39, 0.29) is 11.9 Å². The third-order valence-electron chi connectivity index (χ3n) is 1.45. The molecule has 4 heteroatoms. The molecule has 0 saturated carbocycles. The predicted molar refractivity (Wildman–Crippen MR) is 44.3 cm³/mol. The summed E-state index contributed by atoms with van der Waals surface area (Å²) in [7, 11) is 0. The number of carbonyl (C=O) groups excluding carboxylic acids is 1. The lowest BCUT2D eigenvalue weighted by Crippen LogP contribution is -2.24. The Balaban J connectivity index is 2.65. The Hall–Kier alpha value is -1.45. The second-order valence-corrected chi connectivity index (χ2v) is 2.55. The van der Waals surface area contributed by atoms with Crippen LogP contribution in [0.15, 0.2) is 18.6 Å². The maximum Gasteiger partial charge on any atom is 0.217 e. The molecule has 0 unspecified atom stereocenters. The highest BCUT2D eigenvalue weighted by molar-refractivity contribution is 5.73. The summed E-state index contributed by atoms with van der Waals surface area (Å²) in [6.07, 6.45) is 4.85. The van der Waals surface area contributed by atoms with Gasteiger partial charge in [-0.1, -0.05) is 0 Å². The van der Waals surface area contributed by atoms with Gasteiger partial charge in [-0.25, -0.2) is 0 Å². The zero-order chi connectivity index (χ0) is 8.97. The van der Waals surface area contributed by atoms with Gasteiger partial charge < -0.3 is 5.32 Å². The quantitative estimate of drug-likeness (QED) is 0.700. The van der Waals surface area contributed by atoms with Gasteiger partial charge in [-0.15, -0.1) is 0 Å². The van der Waals surface area contributed by atoms with E-state index in [1.54, 1.807) is 18.6 Å². The molecule has 12 heavy (non-hydrogen) atoms. The Morgan fingerprint density at radius 1 is 1.58 bits per heavy atom. The van der Waals surface area contributed by atoms with E-state index in [4.69, 9.17) is 0 Å². The third-order valence-corrected chi connectivity index (χ3v) is 1.45. The average Bonchev–Trinajstić information content (AvgIpc) is 2.05. The summed E-state index contributed by atoms with van der Waals surface area (Å²) < 4.78 is 0. The molecule has 1 amide bonds. The maximum atomic E-state index is 10.7. The molecule has 0 spiro atoms. The van der Waals surface area contributed by atoms with Gasteiger partial charge in [0.2, 0.25) is 5.91 Å². The van der Waals surface area contributed by atoms with Gasteiger partial charge in [0.05, 0.1) is 17.9 Å². The van der Waals surface area contributed by atoms with Crippen molar-refractivity contribution in [1.29, 1.82) is 0 Å². The average molecular weight is 165 g/mol. The number of rotatable bonds is 2. The number of hydrogen-bond acceptors (Lipinski definition) is 3. The summed E-state index contributed by atoms with van der Waals surface area (Å²) in [6.45, 7) is 3.35. The Morgan fingerprint density at radius 3 is 2.83 bits per heavy atom. The van der Waals surface area contributed by atoms with Gasteiger partial charge in [0, 0.05) is 19.3 Å². The number of nitrogens with one attached hydrogen (secondary N) is 1. The standard InChI is InChI=1S/C8H11N3O/c1-6(11-7(2)12)8-5-9-3-4-10-8/h3-6H,1-2H3,(H,11,12)/t6-/m1/s1. The van der Waals surface area contributed by atoms with Gasteiger partial charge >= 0.3 is 0 Å². The van der Waals surface area contributed by atoms with Gasteiger partial charge in [-0.2, -0.15) is 0 Å². The summed E-state index contributed by atoms with van der Waals surface area (Å²) in [4.78, 5) is 18.6. The van der Waals surface area contributed by atoms with E-state index >= 15 is 0 Å². The molecule has 1 aromatic heterocycles. The first-order valence-electron chi connectivity index (χ1n) is 3.73. The summed E-state index contributed by atoms with van der Waals surface area (Å²) in [5.74, 6) is -0.0619. The molecule has 0 fully saturated rings. The Kier molecular flexibility index (Phi) is 2.74. The predicted octanol–water partition coefficient (Wildman–Crippen LogP) is 0.674. The second kappa shape index (κ2) is 3.80. The minimum atomic E-state index is -0.0730. The van der Waals surface area contributed by atoms with Gasteiger partial charge in [0.1, 0.15) is 0 Å². The fourth-order valence-corrected chi connectivity index (χ4v) is 0.913. The second-order valence-electron chi connectivity index (χ2n) is 2.55. The lowest BCUT2D eigenvalue weighted by atomic mass is 10.2. The first-order valence-corrected chi connectivity index (χ1v) is 3.73. The van der Waals surface area contributed by atoms with Crippen molar-refractivity contribution in [3.05, 3.63) is 24.3 Å². The number of hydrogen-bond donors (Lipinski definition) is 1. The van der Waals surface area contributed by atoms with Crippen molar-refractivity contribution in [3.8, 4) is 0 Å². The van der Waals surface area contributed by atoms with Gasteiger partial charge in [0.15, 0.2) is 0 Å². The first-order chi connectivity index (χ1) is 5.70. The Labute approximate surface area is 71.0 Å². The lowest BCUT2D eigenvalue weighted by Gasteiger charge is -2.10. The summed E-state index contributed by atoms with van der Waals surface area (Å²) >= 11 is 0. The number of carbonyl (C=O) groups is 1. The molecule has 0 saturated heterocycles. The smallest absolute Gasteiger partial charge is 0.217 e. The normalized spacial score (nSPS) is 12.2. The molecule has 0 aliphatic rings. The largest absolute Gasteiger partial charge is 0.348 e. The molecule has 0 aliphatic carbocycles. The Bertz CT molecular complexity index is 260. The molecule has 0 radical (unpaired) electrons. The van der Waals surface area contributed by atoms with Crippen molar-refractivity contribution in [2.45, 2.75) is 19.9 Å². The van der Waals surface area contributed by atoms with Gasteiger partial charge in [-0.3, -0.25) is 14.8 Å². The van der Waals surface area contributed by atoms with Crippen LogP contribution < -0.4 is 5.32 Å². The van der Waals surface area contributed by atoms with Gasteiger partial charge in [-0.05, 0) is 6.92 Å². The van der Waals surface area contributed by atoms with Crippen molar-refractivity contribution < 1.29 is 4.79 Å². The number of aromatic nitrogens is 2. The van der Waals surface area contributed by atoms with Gasteiger partial charge in [0.25, 0.3) is 0 Å². The molecule has 1 aromatic rings. The van der Waals surface area contributed by atoms with Crippen LogP contribution in [0.3, 0.4) is 0 Å². The van der Waals surface area contributed by atoms with E-state index in [0.717, 1.165) is 5.69 Å². The van der Waals surface area contributed by atoms with E-state index in [0.29, 0.717) is 0 Å². The van der Waals surface area contributed by atoms with Crippen LogP contribution >= 0.6 is 0 Å². The SMILES string of the molecule is CC(=O)N[C@H](C)c1cnccn1. The minimum Gasteiger partial charge on any atom is -0.348 e. The molecular formula is C8H11N3O. The summed E-state index contributed by atoms with van der Waals surface area (Å²) in [6, 6.07) is -0.0730. The number of amides is 1. The first kappa shape index (κ1) is 8.64. The van der Waals surface area contributed by atoms with Crippen molar-refractivity contribution in [2.75, 3.05) is 0 Å². The molecule has 1 N–H and O–H groups in total. The topological polar surface area (TPSA) is 54.9 Å². The van der Waals surface area contributed by atoms with Crippen LogP contribution in [0.2, 0.25) is 0 Å². The van der Waals surface area contributed by atoms with Crippen molar-refractivity contribution in [2.24, 2.45) is 0 Å². The molecule has 0 aliphatic heterocycles. The molecule has 64 valence electrons. The van der Waals surface area contributed by atoms with Crippen molar-refractivity contribution in [3.63, 3.8) is 0 Å². The zero-order valence-corrected chi connectivity index (χ0v) is 7.11. The molecule has 1 atom stereocenters. The minimum absolute atomic E-state index is 0.0619. The highest BCUT2D eigenvalue weighted by Crippen LogP contribution is 2.05. The van der Waals surface area contributed by atoms with Crippen LogP contribution in [0.25, 0.3) is 0 Å². The molecule has 4 nitrogen and oxygen atoms in total. The van der Waals surface area contributed by atoms with Crippen molar-refractivity contribution in [1.82, 2.24) is 15.3 Å². The van der Waals surface area contributed by atoms with E-state index in [9.17, 15) is 4.79 Å². The zero-order valence-electron chi connectivity index (χ0n) is 7.11. The molecule has 1 rings (SSSR count). The van der Waals surface area contributed by atoms with E-state index in [2.05, 4.69) is 15.3 Å². The third kappa shape index (κ3) is 2.30. The molecule has 1 heterocycles. The molecule has 0 aromatic carbocycles. The van der Waals surface area contributed by atoms with Crippen LogP contribution in [0.1, 0.15) is 25.6 Å². The highest BCUT2D eigenvalue weighted by atomic mass is 16.1. The fourth-order valence-electron chi connectivity index (χ4n) is 0.913. The lowest BCUT2D eigenvalue weighted by molar-refractivity contribution is -0.119. The highest BCUT2D eigenvalue weighted by Gasteiger charge is 2.06. The number of nitrogens with zero attached hydrogens (tertiary/aromatic N) is 2. The monoisotopic (exact) mass is 165 g/mol. The van der Waals surface area contributed by atoms with Crippen LogP contribution in [-0.4, -0.2) is 15.9 Å². The van der Waals surface area contributed by atoms with Crippen molar-refractivity contribution >= 4 is 5.91 Å². The van der Waals surface area contributed by atoms with Crippen LogP contribution in [0.4, 0.5) is 0 Å². The molecule has 0 bridgehead atoms. The van der Waals surface area contributed by atoms with E-state index < -0.39 is 0 Å².